The third kappa shape index (κ3) is 18.9. The highest BCUT2D eigenvalue weighted by Crippen LogP contribution is 2.04. The molecule has 0 saturated heterocycles. The molecule has 27 heavy (non-hydrogen) atoms. The number of aliphatic hydroxyl groups excluding tert-OH is 1. The van der Waals surface area contributed by atoms with E-state index in [0.717, 1.165) is 25.7 Å². The van der Waals surface area contributed by atoms with Crippen molar-refractivity contribution in [3.63, 3.8) is 0 Å². The minimum Gasteiger partial charge on any atom is -0.395 e. The largest absolute Gasteiger partial charge is 0.395 e. The summed E-state index contributed by atoms with van der Waals surface area (Å²) in [6.07, 6.45) is 24.1. The Morgan fingerprint density at radius 3 is 2.56 bits per heavy atom. The molecule has 0 radical (unpaired) electrons. The molecular formula is C22H37NO4. The fraction of sp³-hybridized carbons (Fsp3) is 0.591. The van der Waals surface area contributed by atoms with Crippen LogP contribution in [0.15, 0.2) is 48.6 Å². The van der Waals surface area contributed by atoms with E-state index in [9.17, 15) is 4.79 Å². The number of carbonyl (C=O) groups excluding carboxylic acids is 1. The zero-order valence-corrected chi connectivity index (χ0v) is 16.7. The molecule has 0 unspecified atom stereocenters. The van der Waals surface area contributed by atoms with Gasteiger partial charge in [-0.25, -0.2) is 4.89 Å². The molecule has 0 spiro atoms. The monoisotopic (exact) mass is 379 g/mol. The van der Waals surface area contributed by atoms with E-state index in [1.54, 1.807) is 0 Å². The summed E-state index contributed by atoms with van der Waals surface area (Å²) >= 11 is 0. The zero-order chi connectivity index (χ0) is 20.0. The van der Waals surface area contributed by atoms with Gasteiger partial charge < -0.3 is 10.4 Å². The molecular weight excluding hydrogens is 342 g/mol. The van der Waals surface area contributed by atoms with Crippen molar-refractivity contribution in [1.82, 2.24) is 5.32 Å². The van der Waals surface area contributed by atoms with E-state index >= 15 is 0 Å². The van der Waals surface area contributed by atoms with Gasteiger partial charge in [0.2, 0.25) is 5.91 Å². The second-order valence-corrected chi connectivity index (χ2v) is 6.33. The Balaban J connectivity index is 3.77. The lowest BCUT2D eigenvalue weighted by molar-refractivity contribution is -0.264. The second kappa shape index (κ2) is 20.6. The Kier molecular flexibility index (Phi) is 19.3. The maximum Gasteiger partial charge on any atom is 0.220 e. The molecule has 1 atom stereocenters. The highest BCUT2D eigenvalue weighted by Gasteiger charge is 2.00. The topological polar surface area (TPSA) is 78.8 Å². The lowest BCUT2D eigenvalue weighted by Gasteiger charge is -2.04. The molecule has 0 aliphatic heterocycles. The molecule has 0 fully saturated rings. The lowest BCUT2D eigenvalue weighted by Crippen LogP contribution is -2.25. The smallest absolute Gasteiger partial charge is 0.220 e. The summed E-state index contributed by atoms with van der Waals surface area (Å²) in [5, 5.41) is 20.2. The number of hydrogen-bond acceptors (Lipinski definition) is 4. The second-order valence-electron chi connectivity index (χ2n) is 6.33. The molecule has 0 bridgehead atoms. The molecule has 0 rings (SSSR count). The number of rotatable bonds is 17. The van der Waals surface area contributed by atoms with Crippen LogP contribution in [-0.4, -0.2) is 35.5 Å². The van der Waals surface area contributed by atoms with Crippen LogP contribution in [0.2, 0.25) is 0 Å². The SMILES string of the molecule is CCCCC/C=C\C[C@@H](/C=C/C=C\C/C=C\CCCC(=O)NCCO)OO. The summed E-state index contributed by atoms with van der Waals surface area (Å²) in [6, 6.07) is 0. The quantitative estimate of drug-likeness (QED) is 0.112. The van der Waals surface area contributed by atoms with Gasteiger partial charge in [0.25, 0.3) is 0 Å². The molecule has 1 amide bonds. The fourth-order valence-corrected chi connectivity index (χ4v) is 2.32. The molecule has 5 heteroatoms. The molecule has 5 nitrogen and oxygen atoms in total. The summed E-state index contributed by atoms with van der Waals surface area (Å²) in [4.78, 5) is 15.8. The Hall–Kier alpha value is -1.69. The van der Waals surface area contributed by atoms with E-state index in [0.29, 0.717) is 19.4 Å². The van der Waals surface area contributed by atoms with Crippen LogP contribution in [0.5, 0.6) is 0 Å². The molecule has 154 valence electrons. The van der Waals surface area contributed by atoms with Crippen LogP contribution >= 0.6 is 0 Å². The Morgan fingerprint density at radius 1 is 1.04 bits per heavy atom. The van der Waals surface area contributed by atoms with E-state index in [-0.39, 0.29) is 18.6 Å². The van der Waals surface area contributed by atoms with Gasteiger partial charge >= 0.3 is 0 Å². The van der Waals surface area contributed by atoms with E-state index in [4.69, 9.17) is 10.4 Å². The van der Waals surface area contributed by atoms with Crippen molar-refractivity contribution in [2.75, 3.05) is 13.2 Å². The molecule has 0 saturated carbocycles. The Bertz CT molecular complexity index is 455. The fourth-order valence-electron chi connectivity index (χ4n) is 2.32. The van der Waals surface area contributed by atoms with Crippen molar-refractivity contribution in [3.8, 4) is 0 Å². The number of hydrogen-bond donors (Lipinski definition) is 3. The van der Waals surface area contributed by atoms with Gasteiger partial charge in [0.05, 0.1) is 6.61 Å². The van der Waals surface area contributed by atoms with Crippen LogP contribution in [-0.2, 0) is 9.68 Å². The molecule has 0 aliphatic carbocycles. The zero-order valence-electron chi connectivity index (χ0n) is 16.7. The van der Waals surface area contributed by atoms with Gasteiger partial charge in [0.15, 0.2) is 0 Å². The highest BCUT2D eigenvalue weighted by molar-refractivity contribution is 5.75. The molecule has 0 aliphatic rings. The van der Waals surface area contributed by atoms with Crippen LogP contribution < -0.4 is 5.32 Å². The summed E-state index contributed by atoms with van der Waals surface area (Å²) in [5.41, 5.74) is 0. The molecule has 0 aromatic rings. The van der Waals surface area contributed by atoms with E-state index < -0.39 is 0 Å². The maximum absolute atomic E-state index is 11.3. The van der Waals surface area contributed by atoms with E-state index in [1.165, 1.54) is 19.3 Å². The minimum absolute atomic E-state index is 0.0149. The van der Waals surface area contributed by atoms with E-state index in [1.807, 2.05) is 24.3 Å². The van der Waals surface area contributed by atoms with Gasteiger partial charge in [-0.2, -0.15) is 0 Å². The first-order chi connectivity index (χ1) is 13.2. The van der Waals surface area contributed by atoms with Gasteiger partial charge in [-0.3, -0.25) is 10.1 Å². The normalized spacial score (nSPS) is 13.4. The van der Waals surface area contributed by atoms with Crippen molar-refractivity contribution in [1.29, 1.82) is 0 Å². The van der Waals surface area contributed by atoms with Crippen molar-refractivity contribution in [3.05, 3.63) is 48.6 Å². The number of carbonyl (C=O) groups is 1. The Morgan fingerprint density at radius 2 is 1.81 bits per heavy atom. The van der Waals surface area contributed by atoms with Crippen LogP contribution in [0.25, 0.3) is 0 Å². The third-order valence-corrected chi connectivity index (χ3v) is 3.87. The molecule has 3 N–H and O–H groups in total. The molecule has 0 heterocycles. The first kappa shape index (κ1) is 25.3. The number of allylic oxidation sites excluding steroid dienone is 6. The first-order valence-electron chi connectivity index (χ1n) is 10.1. The Labute approximate surface area is 164 Å². The predicted molar refractivity (Wildman–Crippen MR) is 111 cm³/mol. The molecule has 0 aromatic carbocycles. The standard InChI is InChI=1S/C22H37NO4/c1-2-3-4-5-10-13-16-21(27-26)17-14-11-8-6-7-9-12-15-18-22(25)23-19-20-24/h7-11,13-14,17,21,24,26H,2-6,12,15-16,18-20H2,1H3,(H,23,25)/b9-7-,11-8-,13-10-,17-14+/t21-/m0/s1. The summed E-state index contributed by atoms with van der Waals surface area (Å²) in [6.45, 7) is 2.49. The highest BCUT2D eigenvalue weighted by atomic mass is 17.1. The van der Waals surface area contributed by atoms with Crippen molar-refractivity contribution in [2.45, 2.75) is 70.8 Å². The van der Waals surface area contributed by atoms with E-state index in [2.05, 4.69) is 41.4 Å². The van der Waals surface area contributed by atoms with Gasteiger partial charge in [0.1, 0.15) is 6.10 Å². The van der Waals surface area contributed by atoms with Gasteiger partial charge in [-0.1, -0.05) is 68.4 Å². The van der Waals surface area contributed by atoms with Crippen LogP contribution in [0.3, 0.4) is 0 Å². The van der Waals surface area contributed by atoms with Crippen LogP contribution in [0.4, 0.5) is 0 Å². The summed E-state index contributed by atoms with van der Waals surface area (Å²) in [5.74, 6) is -0.0149. The van der Waals surface area contributed by atoms with Crippen LogP contribution in [0, 0.1) is 0 Å². The average Bonchev–Trinajstić information content (AvgIpc) is 2.68. The van der Waals surface area contributed by atoms with Crippen molar-refractivity contribution in [2.24, 2.45) is 0 Å². The molecule has 0 aromatic heterocycles. The third-order valence-electron chi connectivity index (χ3n) is 3.87. The predicted octanol–water partition coefficient (Wildman–Crippen LogP) is 4.71. The minimum atomic E-state index is -0.315. The number of aliphatic hydroxyl groups is 1. The lowest BCUT2D eigenvalue weighted by atomic mass is 10.1. The maximum atomic E-state index is 11.3. The summed E-state index contributed by atoms with van der Waals surface area (Å²) < 4.78 is 0. The average molecular weight is 380 g/mol. The number of nitrogens with one attached hydrogen (secondary N) is 1. The van der Waals surface area contributed by atoms with Crippen LogP contribution in [0.1, 0.15) is 64.7 Å². The number of unbranched alkanes of at least 4 members (excludes halogenated alkanes) is 4. The first-order valence-corrected chi connectivity index (χ1v) is 10.1. The van der Waals surface area contributed by atoms with Crippen molar-refractivity contribution < 1.29 is 20.0 Å². The van der Waals surface area contributed by atoms with Gasteiger partial charge in [-0.05, 0) is 38.5 Å². The van der Waals surface area contributed by atoms with Gasteiger partial charge in [0, 0.05) is 13.0 Å². The van der Waals surface area contributed by atoms with Gasteiger partial charge in [-0.15, -0.1) is 0 Å². The van der Waals surface area contributed by atoms with Crippen molar-refractivity contribution >= 4 is 5.91 Å². The number of amides is 1. The summed E-state index contributed by atoms with van der Waals surface area (Å²) in [7, 11) is 0.